The largest absolute Gasteiger partial charge is 0.468 e. The number of sulfonamides is 2. The van der Waals surface area contributed by atoms with Gasteiger partial charge in [-0.15, -0.1) is 0 Å². The number of ether oxygens (including phenoxy) is 1. The number of methoxy groups -OCH3 is 1. The van der Waals surface area contributed by atoms with E-state index in [2.05, 4.69) is 4.74 Å². The average Bonchev–Trinajstić information content (AvgIpc) is 2.53. The lowest BCUT2D eigenvalue weighted by atomic mass is 10.2. The summed E-state index contributed by atoms with van der Waals surface area (Å²) >= 11 is 0. The first-order chi connectivity index (χ1) is 10.7. The van der Waals surface area contributed by atoms with Crippen LogP contribution >= 0.6 is 0 Å². The SMILES string of the molecule is COC(=O)C1CN(S(C)(=O)=O)CCN1S(=O)(=O)c1ccccc1. The van der Waals surface area contributed by atoms with Gasteiger partial charge in [-0.1, -0.05) is 18.2 Å². The number of nitrogens with zero attached hydrogens (tertiary/aromatic N) is 2. The van der Waals surface area contributed by atoms with Crippen LogP contribution in [0.4, 0.5) is 0 Å². The molecular weight excluding hydrogens is 344 g/mol. The van der Waals surface area contributed by atoms with E-state index in [1.807, 2.05) is 0 Å². The van der Waals surface area contributed by atoms with Gasteiger partial charge in [-0.2, -0.15) is 8.61 Å². The van der Waals surface area contributed by atoms with Gasteiger partial charge in [0, 0.05) is 19.6 Å². The molecule has 0 aromatic heterocycles. The van der Waals surface area contributed by atoms with Crippen LogP contribution < -0.4 is 0 Å². The van der Waals surface area contributed by atoms with E-state index in [4.69, 9.17) is 0 Å². The summed E-state index contributed by atoms with van der Waals surface area (Å²) in [6.07, 6.45) is 1.02. The van der Waals surface area contributed by atoms with Gasteiger partial charge in [-0.25, -0.2) is 16.8 Å². The molecule has 23 heavy (non-hydrogen) atoms. The van der Waals surface area contributed by atoms with Crippen LogP contribution in [0.2, 0.25) is 0 Å². The standard InChI is InChI=1S/C13H18N2O6S2/c1-21-13(16)12-10-14(22(2,17)18)8-9-15(12)23(19,20)11-6-4-3-5-7-11/h3-7,12H,8-10H2,1-2H3. The number of carbonyl (C=O) groups excluding carboxylic acids is 1. The smallest absolute Gasteiger partial charge is 0.325 e. The van der Waals surface area contributed by atoms with Crippen LogP contribution in [-0.2, 0) is 29.6 Å². The Hall–Kier alpha value is -1.49. The highest BCUT2D eigenvalue weighted by Crippen LogP contribution is 2.23. The maximum Gasteiger partial charge on any atom is 0.325 e. The third-order valence-corrected chi connectivity index (χ3v) is 6.78. The Kier molecular flexibility index (Phi) is 5.09. The van der Waals surface area contributed by atoms with Crippen molar-refractivity contribution in [3.8, 4) is 0 Å². The highest BCUT2D eigenvalue weighted by molar-refractivity contribution is 7.89. The lowest BCUT2D eigenvalue weighted by Crippen LogP contribution is -2.59. The van der Waals surface area contributed by atoms with E-state index in [1.54, 1.807) is 18.2 Å². The molecule has 1 unspecified atom stereocenters. The molecule has 0 amide bonds. The fourth-order valence-corrected chi connectivity index (χ4v) is 4.79. The van der Waals surface area contributed by atoms with Gasteiger partial charge in [-0.3, -0.25) is 4.79 Å². The first-order valence-electron chi connectivity index (χ1n) is 6.78. The minimum absolute atomic E-state index is 0.0155. The van der Waals surface area contributed by atoms with Crippen molar-refractivity contribution in [3.63, 3.8) is 0 Å². The summed E-state index contributed by atoms with van der Waals surface area (Å²) in [5.41, 5.74) is 0. The molecule has 2 rings (SSSR count). The third kappa shape index (κ3) is 3.71. The molecule has 1 aliphatic heterocycles. The van der Waals surface area contributed by atoms with Gasteiger partial charge in [0.1, 0.15) is 6.04 Å². The summed E-state index contributed by atoms with van der Waals surface area (Å²) in [6, 6.07) is 6.46. The van der Waals surface area contributed by atoms with Crippen molar-refractivity contribution in [1.82, 2.24) is 8.61 Å². The van der Waals surface area contributed by atoms with E-state index >= 15 is 0 Å². The molecule has 10 heteroatoms. The predicted octanol–water partition coefficient (Wildman–Crippen LogP) is -0.506. The Morgan fingerprint density at radius 3 is 2.26 bits per heavy atom. The molecule has 1 atom stereocenters. The van der Waals surface area contributed by atoms with Crippen LogP contribution in [0.3, 0.4) is 0 Å². The van der Waals surface area contributed by atoms with E-state index in [-0.39, 0.29) is 24.5 Å². The number of rotatable bonds is 4. The van der Waals surface area contributed by atoms with Crippen LogP contribution in [0.15, 0.2) is 35.2 Å². The number of benzene rings is 1. The molecular formula is C13H18N2O6S2. The molecule has 0 spiro atoms. The molecule has 1 heterocycles. The van der Waals surface area contributed by atoms with Crippen molar-refractivity contribution < 1.29 is 26.4 Å². The Bertz CT molecular complexity index is 776. The second-order valence-corrected chi connectivity index (χ2v) is 8.96. The van der Waals surface area contributed by atoms with Gasteiger partial charge in [0.2, 0.25) is 20.0 Å². The second kappa shape index (κ2) is 6.56. The predicted molar refractivity (Wildman–Crippen MR) is 82.6 cm³/mol. The monoisotopic (exact) mass is 362 g/mol. The fraction of sp³-hybridized carbons (Fsp3) is 0.462. The van der Waals surface area contributed by atoms with E-state index < -0.39 is 32.1 Å². The zero-order valence-corrected chi connectivity index (χ0v) is 14.4. The van der Waals surface area contributed by atoms with Gasteiger partial charge in [0.05, 0.1) is 18.3 Å². The molecule has 0 N–H and O–H groups in total. The minimum Gasteiger partial charge on any atom is -0.468 e. The number of esters is 1. The Morgan fingerprint density at radius 1 is 1.13 bits per heavy atom. The lowest BCUT2D eigenvalue weighted by Gasteiger charge is -2.37. The minimum atomic E-state index is -3.92. The molecule has 1 saturated heterocycles. The summed E-state index contributed by atoms with van der Waals surface area (Å²) in [6.45, 7) is -0.403. The molecule has 8 nitrogen and oxygen atoms in total. The van der Waals surface area contributed by atoms with E-state index in [1.165, 1.54) is 12.1 Å². The molecule has 1 aromatic rings. The number of hydrogen-bond acceptors (Lipinski definition) is 6. The highest BCUT2D eigenvalue weighted by atomic mass is 32.2. The molecule has 128 valence electrons. The summed E-state index contributed by atoms with van der Waals surface area (Å²) < 4.78 is 55.5. The third-order valence-electron chi connectivity index (χ3n) is 3.59. The van der Waals surface area contributed by atoms with Gasteiger partial charge in [0.25, 0.3) is 0 Å². The molecule has 1 aliphatic rings. The van der Waals surface area contributed by atoms with Crippen LogP contribution in [-0.4, -0.2) is 70.5 Å². The molecule has 0 saturated carbocycles. The van der Waals surface area contributed by atoms with Gasteiger partial charge < -0.3 is 4.74 Å². The lowest BCUT2D eigenvalue weighted by molar-refractivity contribution is -0.146. The van der Waals surface area contributed by atoms with Gasteiger partial charge >= 0.3 is 5.97 Å². The normalized spacial score (nSPS) is 21.0. The zero-order valence-electron chi connectivity index (χ0n) is 12.7. The van der Waals surface area contributed by atoms with Crippen molar-refractivity contribution in [2.24, 2.45) is 0 Å². The van der Waals surface area contributed by atoms with Crippen molar-refractivity contribution in [3.05, 3.63) is 30.3 Å². The Labute approximate surface area is 135 Å². The first-order valence-corrected chi connectivity index (χ1v) is 10.1. The van der Waals surface area contributed by atoms with Gasteiger partial charge in [0.15, 0.2) is 0 Å². The molecule has 0 aliphatic carbocycles. The average molecular weight is 362 g/mol. The van der Waals surface area contributed by atoms with Crippen LogP contribution in [0, 0.1) is 0 Å². The number of hydrogen-bond donors (Lipinski definition) is 0. The molecule has 0 bridgehead atoms. The summed E-state index contributed by atoms with van der Waals surface area (Å²) in [5.74, 6) is -0.794. The molecule has 1 aromatic carbocycles. The summed E-state index contributed by atoms with van der Waals surface area (Å²) in [5, 5.41) is 0. The maximum atomic E-state index is 12.7. The van der Waals surface area contributed by atoms with Crippen molar-refractivity contribution in [1.29, 1.82) is 0 Å². The van der Waals surface area contributed by atoms with E-state index in [0.29, 0.717) is 0 Å². The van der Waals surface area contributed by atoms with Crippen molar-refractivity contribution >= 4 is 26.0 Å². The quantitative estimate of drug-likeness (QED) is 0.669. The molecule has 0 radical (unpaired) electrons. The summed E-state index contributed by atoms with van der Waals surface area (Å²) in [4.78, 5) is 12.0. The topological polar surface area (TPSA) is 101 Å². The van der Waals surface area contributed by atoms with E-state index in [0.717, 1.165) is 22.0 Å². The maximum absolute atomic E-state index is 12.7. The number of piperazine rings is 1. The highest BCUT2D eigenvalue weighted by Gasteiger charge is 2.42. The van der Waals surface area contributed by atoms with Gasteiger partial charge in [-0.05, 0) is 12.1 Å². The Balaban J connectivity index is 2.39. The van der Waals surface area contributed by atoms with Crippen LogP contribution in [0.5, 0.6) is 0 Å². The zero-order chi connectivity index (χ0) is 17.3. The first kappa shape index (κ1) is 17.9. The number of carbonyl (C=O) groups is 1. The van der Waals surface area contributed by atoms with Crippen LogP contribution in [0.1, 0.15) is 0 Å². The molecule has 1 fully saturated rings. The van der Waals surface area contributed by atoms with Crippen molar-refractivity contribution in [2.45, 2.75) is 10.9 Å². The second-order valence-electron chi connectivity index (χ2n) is 5.09. The van der Waals surface area contributed by atoms with Crippen LogP contribution in [0.25, 0.3) is 0 Å². The Morgan fingerprint density at radius 2 is 1.74 bits per heavy atom. The summed E-state index contributed by atoms with van der Waals surface area (Å²) in [7, 11) is -6.32. The van der Waals surface area contributed by atoms with Crippen molar-refractivity contribution in [2.75, 3.05) is 33.0 Å². The fourth-order valence-electron chi connectivity index (χ4n) is 2.39. The van der Waals surface area contributed by atoms with E-state index in [9.17, 15) is 21.6 Å².